The maximum Gasteiger partial charge on any atom is 0.0931 e. The van der Waals surface area contributed by atoms with Gasteiger partial charge in [-0.2, -0.15) is 0 Å². The Morgan fingerprint density at radius 2 is 2.06 bits per heavy atom. The molecule has 0 aromatic carbocycles. The minimum absolute atomic E-state index is 0.272. The molecule has 0 aliphatic rings. The van der Waals surface area contributed by atoms with Crippen molar-refractivity contribution in [2.45, 2.75) is 32.3 Å². The van der Waals surface area contributed by atoms with Crippen LogP contribution in [0.1, 0.15) is 38.0 Å². The van der Waals surface area contributed by atoms with Crippen molar-refractivity contribution >= 4 is 5.69 Å². The van der Waals surface area contributed by atoms with E-state index in [0.29, 0.717) is 5.69 Å². The Bertz CT molecular complexity index is 312. The van der Waals surface area contributed by atoms with Crippen molar-refractivity contribution in [2.75, 3.05) is 25.1 Å². The van der Waals surface area contributed by atoms with E-state index in [0.717, 1.165) is 31.5 Å². The van der Waals surface area contributed by atoms with Gasteiger partial charge in [0.05, 0.1) is 23.7 Å². The lowest BCUT2D eigenvalue weighted by Crippen LogP contribution is -2.18. The SMILES string of the molecule is C[C@@H](O)c1ccc(N(C)CCCCCO)cn1. The van der Waals surface area contributed by atoms with Crippen LogP contribution in [0.2, 0.25) is 0 Å². The molecule has 1 atom stereocenters. The van der Waals surface area contributed by atoms with Crippen LogP contribution in [0, 0.1) is 0 Å². The largest absolute Gasteiger partial charge is 0.396 e. The molecule has 0 fully saturated rings. The second-order valence-corrected chi connectivity index (χ2v) is 4.32. The fraction of sp³-hybridized carbons (Fsp3) is 0.615. The molecular weight excluding hydrogens is 216 g/mol. The molecule has 4 nitrogen and oxygen atoms in total. The topological polar surface area (TPSA) is 56.6 Å². The number of unbranched alkanes of at least 4 members (excludes halogenated alkanes) is 2. The van der Waals surface area contributed by atoms with E-state index in [1.165, 1.54) is 0 Å². The molecule has 0 aliphatic heterocycles. The molecule has 96 valence electrons. The summed E-state index contributed by atoms with van der Waals surface area (Å²) in [6.07, 6.45) is 4.25. The molecule has 0 saturated carbocycles. The summed E-state index contributed by atoms with van der Waals surface area (Å²) in [6, 6.07) is 3.82. The van der Waals surface area contributed by atoms with Crippen LogP contribution >= 0.6 is 0 Å². The van der Waals surface area contributed by atoms with E-state index in [4.69, 9.17) is 5.11 Å². The van der Waals surface area contributed by atoms with Gasteiger partial charge < -0.3 is 15.1 Å². The predicted octanol–water partition coefficient (Wildman–Crippen LogP) is 1.73. The maximum absolute atomic E-state index is 9.35. The smallest absolute Gasteiger partial charge is 0.0931 e. The van der Waals surface area contributed by atoms with Gasteiger partial charge in [0, 0.05) is 20.2 Å². The zero-order chi connectivity index (χ0) is 12.7. The van der Waals surface area contributed by atoms with Crippen LogP contribution in [-0.2, 0) is 0 Å². The standard InChI is InChI=1S/C13H22N2O2/c1-11(17)13-7-6-12(10-14-13)15(2)8-4-3-5-9-16/h6-7,10-11,16-17H,3-5,8-9H2,1-2H3/t11-/m1/s1. The van der Waals surface area contributed by atoms with Gasteiger partial charge in [-0.1, -0.05) is 0 Å². The third-order valence-electron chi connectivity index (χ3n) is 2.79. The second kappa shape index (κ2) is 7.25. The predicted molar refractivity (Wildman–Crippen MR) is 69.1 cm³/mol. The summed E-state index contributed by atoms with van der Waals surface area (Å²) in [5.74, 6) is 0. The summed E-state index contributed by atoms with van der Waals surface area (Å²) in [6.45, 7) is 2.94. The van der Waals surface area contributed by atoms with E-state index in [1.807, 2.05) is 19.2 Å². The summed E-state index contributed by atoms with van der Waals surface area (Å²) in [5.41, 5.74) is 1.75. The second-order valence-electron chi connectivity index (χ2n) is 4.32. The van der Waals surface area contributed by atoms with E-state index >= 15 is 0 Å². The Hall–Kier alpha value is -1.13. The van der Waals surface area contributed by atoms with E-state index in [2.05, 4.69) is 9.88 Å². The van der Waals surface area contributed by atoms with Gasteiger partial charge in [0.1, 0.15) is 0 Å². The van der Waals surface area contributed by atoms with Gasteiger partial charge >= 0.3 is 0 Å². The summed E-state index contributed by atoms with van der Waals surface area (Å²) < 4.78 is 0. The Balaban J connectivity index is 2.43. The van der Waals surface area contributed by atoms with Crippen LogP contribution < -0.4 is 4.90 Å². The minimum atomic E-state index is -0.515. The van der Waals surface area contributed by atoms with Gasteiger partial charge in [-0.05, 0) is 38.3 Å². The van der Waals surface area contributed by atoms with Crippen LogP contribution in [-0.4, -0.2) is 35.4 Å². The molecule has 1 heterocycles. The normalized spacial score (nSPS) is 12.5. The number of hydrogen-bond donors (Lipinski definition) is 2. The number of nitrogens with zero attached hydrogens (tertiary/aromatic N) is 2. The summed E-state index contributed by atoms with van der Waals surface area (Å²) in [5, 5.41) is 18.0. The molecule has 1 aromatic rings. The van der Waals surface area contributed by atoms with E-state index in [1.54, 1.807) is 13.1 Å². The van der Waals surface area contributed by atoms with Crippen molar-refractivity contribution in [3.05, 3.63) is 24.0 Å². The van der Waals surface area contributed by atoms with Crippen LogP contribution in [0.15, 0.2) is 18.3 Å². The van der Waals surface area contributed by atoms with Crippen molar-refractivity contribution in [1.29, 1.82) is 0 Å². The van der Waals surface area contributed by atoms with Gasteiger partial charge in [-0.25, -0.2) is 0 Å². The summed E-state index contributed by atoms with van der Waals surface area (Å²) >= 11 is 0. The number of aliphatic hydroxyl groups is 2. The Morgan fingerprint density at radius 1 is 1.29 bits per heavy atom. The lowest BCUT2D eigenvalue weighted by molar-refractivity contribution is 0.194. The molecule has 1 rings (SSSR count). The highest BCUT2D eigenvalue weighted by Crippen LogP contribution is 2.15. The van der Waals surface area contributed by atoms with E-state index in [9.17, 15) is 5.11 Å². The van der Waals surface area contributed by atoms with Gasteiger partial charge in [0.25, 0.3) is 0 Å². The van der Waals surface area contributed by atoms with E-state index < -0.39 is 6.10 Å². The zero-order valence-corrected chi connectivity index (χ0v) is 10.6. The number of rotatable bonds is 7. The van der Waals surface area contributed by atoms with Crippen molar-refractivity contribution in [2.24, 2.45) is 0 Å². The lowest BCUT2D eigenvalue weighted by Gasteiger charge is -2.19. The van der Waals surface area contributed by atoms with Crippen LogP contribution in [0.5, 0.6) is 0 Å². The zero-order valence-electron chi connectivity index (χ0n) is 10.6. The molecule has 2 N–H and O–H groups in total. The number of pyridine rings is 1. The fourth-order valence-electron chi connectivity index (χ4n) is 1.64. The average molecular weight is 238 g/mol. The Labute approximate surface area is 103 Å². The van der Waals surface area contributed by atoms with Crippen molar-refractivity contribution < 1.29 is 10.2 Å². The summed E-state index contributed by atoms with van der Waals surface area (Å²) in [7, 11) is 2.03. The van der Waals surface area contributed by atoms with Crippen LogP contribution in [0.4, 0.5) is 5.69 Å². The fourth-order valence-corrected chi connectivity index (χ4v) is 1.64. The molecule has 17 heavy (non-hydrogen) atoms. The first-order chi connectivity index (χ1) is 8.15. The van der Waals surface area contributed by atoms with Gasteiger partial charge in [-0.3, -0.25) is 4.98 Å². The highest BCUT2D eigenvalue weighted by atomic mass is 16.3. The average Bonchev–Trinajstić information content (AvgIpc) is 2.34. The summed E-state index contributed by atoms with van der Waals surface area (Å²) in [4.78, 5) is 6.35. The van der Waals surface area contributed by atoms with Crippen LogP contribution in [0.25, 0.3) is 0 Å². The minimum Gasteiger partial charge on any atom is -0.396 e. The molecule has 0 aliphatic carbocycles. The monoisotopic (exact) mass is 238 g/mol. The highest BCUT2D eigenvalue weighted by molar-refractivity contribution is 5.43. The van der Waals surface area contributed by atoms with Gasteiger partial charge in [0.2, 0.25) is 0 Å². The van der Waals surface area contributed by atoms with Gasteiger partial charge in [0.15, 0.2) is 0 Å². The molecule has 0 saturated heterocycles. The quantitative estimate of drug-likeness (QED) is 0.710. The molecule has 1 aromatic heterocycles. The molecular formula is C13H22N2O2. The number of aliphatic hydroxyl groups excluding tert-OH is 2. The van der Waals surface area contributed by atoms with Crippen LogP contribution in [0.3, 0.4) is 0 Å². The first-order valence-corrected chi connectivity index (χ1v) is 6.11. The first-order valence-electron chi connectivity index (χ1n) is 6.11. The van der Waals surface area contributed by atoms with Crippen molar-refractivity contribution in [1.82, 2.24) is 4.98 Å². The molecule has 0 radical (unpaired) electrons. The van der Waals surface area contributed by atoms with Crippen molar-refractivity contribution in [3.8, 4) is 0 Å². The lowest BCUT2D eigenvalue weighted by atomic mass is 10.2. The first kappa shape index (κ1) is 13.9. The molecule has 4 heteroatoms. The Kier molecular flexibility index (Phi) is 5.94. The third kappa shape index (κ3) is 4.71. The maximum atomic E-state index is 9.35. The molecule has 0 bridgehead atoms. The van der Waals surface area contributed by atoms with Gasteiger partial charge in [-0.15, -0.1) is 0 Å². The third-order valence-corrected chi connectivity index (χ3v) is 2.79. The van der Waals surface area contributed by atoms with E-state index in [-0.39, 0.29) is 6.61 Å². The molecule has 0 unspecified atom stereocenters. The highest BCUT2D eigenvalue weighted by Gasteiger charge is 2.04. The molecule has 0 spiro atoms. The number of anilines is 1. The van der Waals surface area contributed by atoms with Crippen molar-refractivity contribution in [3.63, 3.8) is 0 Å². The molecule has 0 amide bonds. The number of aromatic nitrogens is 1. The Morgan fingerprint density at radius 3 is 2.59 bits per heavy atom. The number of hydrogen-bond acceptors (Lipinski definition) is 4.